The number of hydrogen-bond donors (Lipinski definition) is 4. The third-order valence-electron chi connectivity index (χ3n) is 14.4. The largest absolute Gasteiger partial charge is 0.417 e. The van der Waals surface area contributed by atoms with Gasteiger partial charge in [-0.05, 0) is 82.8 Å². The number of rotatable bonds is 23. The number of nitrogens with one attached hydrogen (secondary N) is 4. The lowest BCUT2D eigenvalue weighted by atomic mass is 9.79. The van der Waals surface area contributed by atoms with Crippen molar-refractivity contribution in [2.75, 3.05) is 86.6 Å². The topological polar surface area (TPSA) is 199 Å². The fourth-order valence-electron chi connectivity index (χ4n) is 10.3. The molecule has 2 saturated carbocycles. The second kappa shape index (κ2) is 25.1. The van der Waals surface area contributed by atoms with Crippen molar-refractivity contribution >= 4 is 29.5 Å². The molecule has 3 aliphatic heterocycles. The molecule has 0 spiro atoms. The molecule has 5 amide bonds. The Kier molecular flexibility index (Phi) is 19.6. The Bertz CT molecular complexity index is 1820. The van der Waals surface area contributed by atoms with Crippen LogP contribution in [0.4, 0.5) is 13.2 Å². The van der Waals surface area contributed by atoms with E-state index in [0.717, 1.165) is 25.1 Å². The number of likely N-dealkylation sites (tertiary alicyclic amines) is 1. The van der Waals surface area contributed by atoms with E-state index in [4.69, 9.17) is 23.7 Å². The summed E-state index contributed by atoms with van der Waals surface area (Å²) in [5, 5.41) is 12.7. The van der Waals surface area contributed by atoms with Crippen LogP contribution in [0.25, 0.3) is 0 Å². The molecule has 0 radical (unpaired) electrons. The molecule has 376 valence electrons. The summed E-state index contributed by atoms with van der Waals surface area (Å²) in [6, 6.07) is 1.12. The number of fused-ring (bicyclic) bond motifs is 1. The molecule has 2 aliphatic carbocycles. The van der Waals surface area contributed by atoms with Crippen LogP contribution in [-0.2, 0) is 66.8 Å². The third-order valence-corrected chi connectivity index (χ3v) is 14.4. The summed E-state index contributed by atoms with van der Waals surface area (Å²) in [6.45, 7) is 6.19. The van der Waals surface area contributed by atoms with Gasteiger partial charge < -0.3 is 54.8 Å². The fraction of sp³-hybridized carbons (Fsp3) is 0.787. The summed E-state index contributed by atoms with van der Waals surface area (Å²) in [7, 11) is 3.37. The van der Waals surface area contributed by atoms with E-state index in [0.29, 0.717) is 135 Å². The van der Waals surface area contributed by atoms with E-state index in [9.17, 15) is 37.1 Å². The molecule has 2 saturated heterocycles. The Hall–Kier alpha value is -3.95. The van der Waals surface area contributed by atoms with Crippen molar-refractivity contribution in [2.24, 2.45) is 17.3 Å². The van der Waals surface area contributed by atoms with Crippen molar-refractivity contribution in [3.63, 3.8) is 0 Å². The zero-order chi connectivity index (χ0) is 48.0. The van der Waals surface area contributed by atoms with E-state index in [-0.39, 0.29) is 97.6 Å². The van der Waals surface area contributed by atoms with Crippen molar-refractivity contribution in [1.29, 1.82) is 0 Å². The highest BCUT2D eigenvalue weighted by Crippen LogP contribution is 2.45. The smallest absolute Gasteiger partial charge is 0.379 e. The van der Waals surface area contributed by atoms with Gasteiger partial charge in [0.05, 0.1) is 69.2 Å². The molecule has 67 heavy (non-hydrogen) atoms. The summed E-state index contributed by atoms with van der Waals surface area (Å²) < 4.78 is 68.6. The first-order valence-corrected chi connectivity index (χ1v) is 24.2. The molecular formula is C47H72F3N7O10. The minimum Gasteiger partial charge on any atom is -0.379 e. The molecule has 1 aromatic rings. The van der Waals surface area contributed by atoms with Crippen LogP contribution in [0.15, 0.2) is 12.3 Å². The van der Waals surface area contributed by atoms with Gasteiger partial charge in [0.1, 0.15) is 0 Å². The maximum atomic E-state index is 14.5. The molecule has 5 aliphatic rings. The van der Waals surface area contributed by atoms with Gasteiger partial charge in [-0.25, -0.2) is 0 Å². The molecule has 20 heteroatoms. The average molecular weight is 952 g/mol. The van der Waals surface area contributed by atoms with Crippen molar-refractivity contribution in [3.8, 4) is 0 Å². The third kappa shape index (κ3) is 14.8. The maximum absolute atomic E-state index is 14.5. The highest BCUT2D eigenvalue weighted by molar-refractivity contribution is 5.90. The standard InChI is InChI=1S/C47H72F3N7O10/c1-31-37(26-42(59)56(31)2)44(61)52-16-20-65-22-24-66-23-21-64-19-12-41(58)55-35-7-5-32(6-8-35)43(60)51-15-4-13-46(14-9-36(27-46)54-39-11-18-67-30-40(39)63-3)45(62)57-17-10-38-33(29-57)25-34(28-53-38)47(48,49)50/h25,28,31-32,35-37,39-40,54H,4-24,26-27,29-30H2,1-3H3,(H,51,60)(H,52,61)(H,55,58)/t31-,32-,35+,36-,37+,39+,40-,46+/m1/s1. The first kappa shape index (κ1) is 52.4. The number of hydrogen-bond acceptors (Lipinski definition) is 12. The van der Waals surface area contributed by atoms with Crippen LogP contribution in [0, 0.1) is 17.3 Å². The van der Waals surface area contributed by atoms with Crippen LogP contribution >= 0.6 is 0 Å². The highest BCUT2D eigenvalue weighted by Gasteiger charge is 2.48. The Balaban J connectivity index is 0.842. The number of carbonyl (C=O) groups excluding carboxylic acids is 5. The predicted octanol–water partition coefficient (Wildman–Crippen LogP) is 2.91. The SMILES string of the molecule is CO[C@@H]1COCC[C@@H]1N[C@@H]1CC[C@](CCCNC(=O)[C@H]2CC[C@@H](NC(=O)CCOCCOCCOCCNC(=O)[C@H]3CC(=O)N(C)[C@@H]3C)CC2)(C(=O)N2CCc3ncc(C(F)(F)F)cc3C2)C1. The average Bonchev–Trinajstić information content (AvgIpc) is 3.85. The van der Waals surface area contributed by atoms with Gasteiger partial charge in [-0.1, -0.05) is 0 Å². The Morgan fingerprint density at radius 3 is 2.34 bits per heavy atom. The Morgan fingerprint density at radius 1 is 0.925 bits per heavy atom. The van der Waals surface area contributed by atoms with E-state index in [2.05, 4.69) is 26.3 Å². The number of carbonyl (C=O) groups is 5. The molecule has 4 heterocycles. The van der Waals surface area contributed by atoms with Gasteiger partial charge in [0.15, 0.2) is 0 Å². The van der Waals surface area contributed by atoms with Crippen LogP contribution < -0.4 is 21.3 Å². The summed E-state index contributed by atoms with van der Waals surface area (Å²) >= 11 is 0. The van der Waals surface area contributed by atoms with E-state index >= 15 is 0 Å². The summed E-state index contributed by atoms with van der Waals surface area (Å²) in [5.74, 6) is -0.877. The molecule has 0 unspecified atom stereocenters. The molecule has 6 rings (SSSR count). The van der Waals surface area contributed by atoms with Crippen molar-refractivity contribution in [3.05, 3.63) is 29.1 Å². The number of methoxy groups -OCH3 is 1. The summed E-state index contributed by atoms with van der Waals surface area (Å²) in [4.78, 5) is 72.0. The number of alkyl halides is 3. The monoisotopic (exact) mass is 952 g/mol. The molecule has 1 aromatic heterocycles. The molecule has 4 fully saturated rings. The second-order valence-corrected chi connectivity index (χ2v) is 18.9. The number of aromatic nitrogens is 1. The summed E-state index contributed by atoms with van der Waals surface area (Å²) in [5.41, 5.74) is -0.530. The van der Waals surface area contributed by atoms with Crippen LogP contribution in [0.5, 0.6) is 0 Å². The first-order valence-electron chi connectivity index (χ1n) is 24.2. The molecule has 0 bridgehead atoms. The molecule has 6 atom stereocenters. The number of nitrogens with zero attached hydrogens (tertiary/aromatic N) is 3. The Morgan fingerprint density at radius 2 is 1.64 bits per heavy atom. The van der Waals surface area contributed by atoms with Crippen LogP contribution in [0.1, 0.15) is 101 Å². The van der Waals surface area contributed by atoms with Crippen LogP contribution in [-0.4, -0.2) is 161 Å². The van der Waals surface area contributed by atoms with E-state index in [1.807, 2.05) is 6.92 Å². The fourth-order valence-corrected chi connectivity index (χ4v) is 10.3. The molecular weight excluding hydrogens is 880 g/mol. The summed E-state index contributed by atoms with van der Waals surface area (Å²) in [6.07, 6.45) is 3.62. The quantitative estimate of drug-likeness (QED) is 0.117. The van der Waals surface area contributed by atoms with Crippen LogP contribution in [0.3, 0.4) is 0 Å². The van der Waals surface area contributed by atoms with Crippen molar-refractivity contribution in [2.45, 2.75) is 133 Å². The van der Waals surface area contributed by atoms with Crippen molar-refractivity contribution < 1.29 is 60.8 Å². The predicted molar refractivity (Wildman–Crippen MR) is 238 cm³/mol. The van der Waals surface area contributed by atoms with Crippen LogP contribution in [0.2, 0.25) is 0 Å². The van der Waals surface area contributed by atoms with Gasteiger partial charge in [0.25, 0.3) is 0 Å². The normalized spacial score (nSPS) is 27.7. The lowest BCUT2D eigenvalue weighted by Crippen LogP contribution is -2.51. The van der Waals surface area contributed by atoms with Gasteiger partial charge in [-0.2, -0.15) is 13.2 Å². The van der Waals surface area contributed by atoms with Gasteiger partial charge >= 0.3 is 6.18 Å². The van der Waals surface area contributed by atoms with Gasteiger partial charge in [-0.3, -0.25) is 29.0 Å². The maximum Gasteiger partial charge on any atom is 0.417 e. The van der Waals surface area contributed by atoms with E-state index in [1.54, 1.807) is 24.0 Å². The lowest BCUT2D eigenvalue weighted by molar-refractivity contribution is -0.143. The minimum absolute atomic E-state index is 0.0157. The molecule has 0 aromatic carbocycles. The zero-order valence-corrected chi connectivity index (χ0v) is 39.4. The highest BCUT2D eigenvalue weighted by atomic mass is 19.4. The number of pyridine rings is 1. The number of halogens is 3. The van der Waals surface area contributed by atoms with E-state index < -0.39 is 17.2 Å². The van der Waals surface area contributed by atoms with Gasteiger partial charge in [-0.15, -0.1) is 0 Å². The Labute approximate surface area is 392 Å². The number of ether oxygens (including phenoxy) is 5. The molecule has 17 nitrogen and oxygen atoms in total. The van der Waals surface area contributed by atoms with Crippen molar-refractivity contribution in [1.82, 2.24) is 36.1 Å². The molecule has 4 N–H and O–H groups in total. The van der Waals surface area contributed by atoms with Gasteiger partial charge in [0, 0.05) is 108 Å². The first-order chi connectivity index (χ1) is 32.2. The zero-order valence-electron chi connectivity index (χ0n) is 39.4. The van der Waals surface area contributed by atoms with Gasteiger partial charge in [0.2, 0.25) is 29.5 Å². The lowest BCUT2D eigenvalue weighted by Gasteiger charge is -2.38. The minimum atomic E-state index is -4.53. The van der Waals surface area contributed by atoms with E-state index in [1.165, 1.54) is 0 Å². The second-order valence-electron chi connectivity index (χ2n) is 18.9. The number of amides is 5.